The number of nitrogens with zero attached hydrogens (tertiary/aromatic N) is 1. The molecule has 0 bridgehead atoms. The lowest BCUT2D eigenvalue weighted by molar-refractivity contribution is -0.137. The molecule has 4 heteroatoms. The molecular weight excluding hydrogens is 254 g/mol. The third kappa shape index (κ3) is 4.53. The summed E-state index contributed by atoms with van der Waals surface area (Å²) in [7, 11) is 1.68. The summed E-state index contributed by atoms with van der Waals surface area (Å²) in [5.74, 6) is 0.141. The predicted molar refractivity (Wildman–Crippen MR) is 80.1 cm³/mol. The standard InChI is InChI=1S/C16H25NO3/c1-12(2)17(11-7-10-16(18)19)13(3)14-8-5-6-9-15(14)20-4/h5-6,8-9,12-13H,7,10-11H2,1-4H3,(H,18,19). The van der Waals surface area contributed by atoms with E-state index in [1.54, 1.807) is 7.11 Å². The van der Waals surface area contributed by atoms with Crippen LogP contribution in [0, 0.1) is 0 Å². The minimum absolute atomic E-state index is 0.194. The molecule has 0 fully saturated rings. The Morgan fingerprint density at radius 3 is 2.50 bits per heavy atom. The van der Waals surface area contributed by atoms with Crippen LogP contribution in [0.25, 0.3) is 0 Å². The van der Waals surface area contributed by atoms with Crippen molar-refractivity contribution in [3.63, 3.8) is 0 Å². The van der Waals surface area contributed by atoms with Gasteiger partial charge in [-0.25, -0.2) is 0 Å². The predicted octanol–water partition coefficient (Wildman–Crippen LogP) is 3.33. The molecule has 4 nitrogen and oxygen atoms in total. The summed E-state index contributed by atoms with van der Waals surface area (Å²) in [6.07, 6.45) is 0.870. The Hall–Kier alpha value is -1.55. The van der Waals surface area contributed by atoms with Crippen molar-refractivity contribution >= 4 is 5.97 Å². The second-order valence-corrected chi connectivity index (χ2v) is 5.25. The highest BCUT2D eigenvalue weighted by Gasteiger charge is 2.21. The lowest BCUT2D eigenvalue weighted by Crippen LogP contribution is -2.34. The number of ether oxygens (including phenoxy) is 1. The Balaban J connectivity index is 2.82. The maximum Gasteiger partial charge on any atom is 0.303 e. The van der Waals surface area contributed by atoms with Crippen LogP contribution in [0.4, 0.5) is 0 Å². The van der Waals surface area contributed by atoms with Crippen LogP contribution in [-0.4, -0.2) is 35.7 Å². The van der Waals surface area contributed by atoms with E-state index in [0.29, 0.717) is 12.5 Å². The van der Waals surface area contributed by atoms with Gasteiger partial charge in [-0.3, -0.25) is 9.69 Å². The van der Waals surface area contributed by atoms with E-state index in [4.69, 9.17) is 9.84 Å². The van der Waals surface area contributed by atoms with Crippen LogP contribution in [0.5, 0.6) is 5.75 Å². The first-order valence-corrected chi connectivity index (χ1v) is 7.07. The Kier molecular flexibility index (Phi) is 6.52. The molecule has 0 aliphatic rings. The number of hydrogen-bond acceptors (Lipinski definition) is 3. The number of carboxylic acid groups (broad SMARTS) is 1. The fraction of sp³-hybridized carbons (Fsp3) is 0.562. The molecule has 1 aromatic carbocycles. The molecule has 0 aliphatic carbocycles. The largest absolute Gasteiger partial charge is 0.496 e. The number of aliphatic carboxylic acids is 1. The molecule has 0 spiro atoms. The normalized spacial score (nSPS) is 12.7. The minimum Gasteiger partial charge on any atom is -0.496 e. The highest BCUT2D eigenvalue weighted by atomic mass is 16.5. The average molecular weight is 279 g/mol. The fourth-order valence-corrected chi connectivity index (χ4v) is 2.50. The van der Waals surface area contributed by atoms with Gasteiger partial charge in [-0.15, -0.1) is 0 Å². The number of methoxy groups -OCH3 is 1. The molecule has 1 N–H and O–H groups in total. The molecule has 0 radical (unpaired) electrons. The van der Waals surface area contributed by atoms with E-state index in [0.717, 1.165) is 17.9 Å². The molecule has 1 atom stereocenters. The van der Waals surface area contributed by atoms with Crippen molar-refractivity contribution in [3.8, 4) is 5.75 Å². The van der Waals surface area contributed by atoms with Crippen molar-refractivity contribution in [1.82, 2.24) is 4.90 Å². The number of carbonyl (C=O) groups is 1. The van der Waals surface area contributed by atoms with E-state index < -0.39 is 5.97 Å². The van der Waals surface area contributed by atoms with Crippen LogP contribution in [0.15, 0.2) is 24.3 Å². The van der Waals surface area contributed by atoms with Gasteiger partial charge in [-0.05, 0) is 39.8 Å². The lowest BCUT2D eigenvalue weighted by atomic mass is 10.0. The summed E-state index contributed by atoms with van der Waals surface area (Å²) in [6, 6.07) is 8.53. The van der Waals surface area contributed by atoms with Crippen LogP contribution in [-0.2, 0) is 4.79 Å². The zero-order valence-corrected chi connectivity index (χ0v) is 12.8. The van der Waals surface area contributed by atoms with Gasteiger partial charge < -0.3 is 9.84 Å². The zero-order valence-electron chi connectivity index (χ0n) is 12.8. The number of benzene rings is 1. The Bertz CT molecular complexity index is 431. The number of carboxylic acids is 1. The van der Waals surface area contributed by atoms with Crippen molar-refractivity contribution < 1.29 is 14.6 Å². The maximum absolute atomic E-state index is 10.7. The third-order valence-electron chi connectivity index (χ3n) is 3.56. The first kappa shape index (κ1) is 16.5. The monoisotopic (exact) mass is 279 g/mol. The Morgan fingerprint density at radius 1 is 1.30 bits per heavy atom. The molecule has 0 saturated heterocycles. The SMILES string of the molecule is COc1ccccc1C(C)N(CCCC(=O)O)C(C)C. The van der Waals surface area contributed by atoms with Crippen molar-refractivity contribution in [2.24, 2.45) is 0 Å². The van der Waals surface area contributed by atoms with Crippen LogP contribution in [0.2, 0.25) is 0 Å². The van der Waals surface area contributed by atoms with Gasteiger partial charge in [0, 0.05) is 24.1 Å². The van der Waals surface area contributed by atoms with Crippen LogP contribution in [0.3, 0.4) is 0 Å². The number of rotatable bonds is 8. The molecule has 0 saturated carbocycles. The molecular formula is C16H25NO3. The second kappa shape index (κ2) is 7.90. The summed E-state index contributed by atoms with van der Waals surface area (Å²) < 4.78 is 5.42. The topological polar surface area (TPSA) is 49.8 Å². The highest BCUT2D eigenvalue weighted by Crippen LogP contribution is 2.30. The van der Waals surface area contributed by atoms with E-state index in [1.165, 1.54) is 0 Å². The van der Waals surface area contributed by atoms with E-state index in [-0.39, 0.29) is 12.5 Å². The molecule has 1 rings (SSSR count). The summed E-state index contributed by atoms with van der Waals surface area (Å²) in [6.45, 7) is 7.17. The van der Waals surface area contributed by atoms with Crippen LogP contribution < -0.4 is 4.74 Å². The quantitative estimate of drug-likeness (QED) is 0.793. The van der Waals surface area contributed by atoms with Gasteiger partial charge in [0.25, 0.3) is 0 Å². The van der Waals surface area contributed by atoms with Gasteiger partial charge >= 0.3 is 5.97 Å². The summed E-state index contributed by atoms with van der Waals surface area (Å²) in [4.78, 5) is 13.0. The van der Waals surface area contributed by atoms with Crippen LogP contribution >= 0.6 is 0 Å². The summed E-state index contributed by atoms with van der Waals surface area (Å²) in [5, 5.41) is 8.76. The third-order valence-corrected chi connectivity index (χ3v) is 3.56. The Labute approximate surface area is 121 Å². The summed E-state index contributed by atoms with van der Waals surface area (Å²) >= 11 is 0. The molecule has 1 unspecified atom stereocenters. The van der Waals surface area contributed by atoms with Crippen molar-refractivity contribution in [2.45, 2.75) is 45.7 Å². The molecule has 20 heavy (non-hydrogen) atoms. The van der Waals surface area contributed by atoms with E-state index >= 15 is 0 Å². The van der Waals surface area contributed by atoms with Gasteiger partial charge in [0.15, 0.2) is 0 Å². The van der Waals surface area contributed by atoms with E-state index in [1.807, 2.05) is 18.2 Å². The lowest BCUT2D eigenvalue weighted by Gasteiger charge is -2.33. The molecule has 112 valence electrons. The van der Waals surface area contributed by atoms with Crippen molar-refractivity contribution in [2.75, 3.05) is 13.7 Å². The number of hydrogen-bond donors (Lipinski definition) is 1. The van der Waals surface area contributed by atoms with Gasteiger partial charge in [-0.1, -0.05) is 18.2 Å². The second-order valence-electron chi connectivity index (χ2n) is 5.25. The molecule has 1 aromatic rings. The highest BCUT2D eigenvalue weighted by molar-refractivity contribution is 5.66. The summed E-state index contributed by atoms with van der Waals surface area (Å²) in [5.41, 5.74) is 1.14. The van der Waals surface area contributed by atoms with Gasteiger partial charge in [0.1, 0.15) is 5.75 Å². The van der Waals surface area contributed by atoms with E-state index in [9.17, 15) is 4.79 Å². The molecule has 0 aliphatic heterocycles. The van der Waals surface area contributed by atoms with Gasteiger partial charge in [0.05, 0.1) is 7.11 Å². The fourth-order valence-electron chi connectivity index (χ4n) is 2.50. The first-order valence-electron chi connectivity index (χ1n) is 7.07. The van der Waals surface area contributed by atoms with Gasteiger partial charge in [-0.2, -0.15) is 0 Å². The molecule has 0 heterocycles. The maximum atomic E-state index is 10.7. The Morgan fingerprint density at radius 2 is 1.95 bits per heavy atom. The zero-order chi connectivity index (χ0) is 15.1. The molecule has 0 aromatic heterocycles. The smallest absolute Gasteiger partial charge is 0.303 e. The minimum atomic E-state index is -0.737. The van der Waals surface area contributed by atoms with E-state index in [2.05, 4.69) is 31.7 Å². The van der Waals surface area contributed by atoms with Gasteiger partial charge in [0.2, 0.25) is 0 Å². The van der Waals surface area contributed by atoms with Crippen molar-refractivity contribution in [1.29, 1.82) is 0 Å². The number of para-hydroxylation sites is 1. The van der Waals surface area contributed by atoms with Crippen LogP contribution in [0.1, 0.15) is 45.2 Å². The average Bonchev–Trinajstić information content (AvgIpc) is 2.42. The molecule has 0 amide bonds. The first-order chi connectivity index (χ1) is 9.47. The van der Waals surface area contributed by atoms with Crippen molar-refractivity contribution in [3.05, 3.63) is 29.8 Å².